The highest BCUT2D eigenvalue weighted by Gasteiger charge is 2.51. The SMILES string of the molecule is CC[NH+](CC)c1ccc([C@]2(c3c(C)n(C)c4ccccc34)OC(=O)c3ccccc32)c(C)c1. The molecule has 0 saturated heterocycles. The highest BCUT2D eigenvalue weighted by Crippen LogP contribution is 2.51. The monoisotopic (exact) mass is 439 g/mol. The topological polar surface area (TPSA) is 35.7 Å². The van der Waals surface area contributed by atoms with Crippen molar-refractivity contribution in [2.75, 3.05) is 13.1 Å². The van der Waals surface area contributed by atoms with E-state index in [0.717, 1.165) is 51.9 Å². The fraction of sp³-hybridized carbons (Fsp3) is 0.276. The van der Waals surface area contributed by atoms with Gasteiger partial charge in [0.1, 0.15) is 5.69 Å². The molecule has 4 heteroatoms. The van der Waals surface area contributed by atoms with Gasteiger partial charge in [0.25, 0.3) is 0 Å². The number of esters is 1. The molecule has 0 spiro atoms. The minimum atomic E-state index is -0.986. The van der Waals surface area contributed by atoms with Gasteiger partial charge >= 0.3 is 5.97 Å². The van der Waals surface area contributed by atoms with E-state index in [4.69, 9.17) is 4.74 Å². The van der Waals surface area contributed by atoms with Crippen molar-refractivity contribution in [1.29, 1.82) is 0 Å². The molecule has 5 rings (SSSR count). The molecule has 1 atom stereocenters. The predicted molar refractivity (Wildman–Crippen MR) is 132 cm³/mol. The number of nitrogens with one attached hydrogen (secondary N) is 1. The van der Waals surface area contributed by atoms with Crippen molar-refractivity contribution in [1.82, 2.24) is 4.57 Å². The molecule has 0 saturated carbocycles. The van der Waals surface area contributed by atoms with Crippen molar-refractivity contribution >= 4 is 22.6 Å². The summed E-state index contributed by atoms with van der Waals surface area (Å²) in [5.74, 6) is -0.268. The molecule has 0 fully saturated rings. The Morgan fingerprint density at radius 1 is 0.909 bits per heavy atom. The summed E-state index contributed by atoms with van der Waals surface area (Å²) in [5.41, 5.74) is 7.26. The Bertz CT molecular complexity index is 1380. The smallest absolute Gasteiger partial charge is 0.340 e. The first-order valence-corrected chi connectivity index (χ1v) is 11.8. The van der Waals surface area contributed by atoms with Gasteiger partial charge in [-0.2, -0.15) is 0 Å². The van der Waals surface area contributed by atoms with Crippen LogP contribution >= 0.6 is 0 Å². The molecule has 1 N–H and O–H groups in total. The van der Waals surface area contributed by atoms with Gasteiger partial charge in [-0.3, -0.25) is 0 Å². The highest BCUT2D eigenvalue weighted by atomic mass is 16.6. The second kappa shape index (κ2) is 7.89. The molecule has 0 amide bonds. The number of benzene rings is 3. The van der Waals surface area contributed by atoms with Crippen LogP contribution in [0.5, 0.6) is 0 Å². The van der Waals surface area contributed by atoms with Gasteiger partial charge in [-0.1, -0.05) is 36.4 Å². The zero-order valence-electron chi connectivity index (χ0n) is 20.0. The Morgan fingerprint density at radius 2 is 1.61 bits per heavy atom. The van der Waals surface area contributed by atoms with E-state index in [9.17, 15) is 4.79 Å². The van der Waals surface area contributed by atoms with E-state index in [1.165, 1.54) is 10.6 Å². The summed E-state index contributed by atoms with van der Waals surface area (Å²) >= 11 is 0. The van der Waals surface area contributed by atoms with E-state index >= 15 is 0 Å². The van der Waals surface area contributed by atoms with Crippen molar-refractivity contribution in [2.24, 2.45) is 7.05 Å². The van der Waals surface area contributed by atoms with E-state index in [2.05, 4.69) is 81.8 Å². The number of hydrogen-bond donors (Lipinski definition) is 1. The molecule has 3 aromatic carbocycles. The van der Waals surface area contributed by atoms with Crippen molar-refractivity contribution in [3.63, 3.8) is 0 Å². The van der Waals surface area contributed by atoms with Crippen LogP contribution in [0.4, 0.5) is 5.69 Å². The maximum atomic E-state index is 13.2. The summed E-state index contributed by atoms with van der Waals surface area (Å²) in [7, 11) is 2.08. The van der Waals surface area contributed by atoms with E-state index < -0.39 is 5.60 Å². The van der Waals surface area contributed by atoms with Gasteiger partial charge in [0.05, 0.1) is 18.7 Å². The number of aryl methyl sites for hydroxylation is 2. The number of fused-ring (bicyclic) bond motifs is 2. The molecule has 0 unspecified atom stereocenters. The molecule has 2 heterocycles. The van der Waals surface area contributed by atoms with Crippen LogP contribution in [0.2, 0.25) is 0 Å². The summed E-state index contributed by atoms with van der Waals surface area (Å²) in [6.07, 6.45) is 0. The van der Waals surface area contributed by atoms with Crippen molar-refractivity contribution in [3.05, 3.63) is 100 Å². The normalized spacial score (nSPS) is 17.6. The van der Waals surface area contributed by atoms with Crippen LogP contribution in [0.15, 0.2) is 66.7 Å². The molecule has 0 bridgehead atoms. The van der Waals surface area contributed by atoms with Crippen LogP contribution in [0.1, 0.15) is 52.2 Å². The zero-order valence-corrected chi connectivity index (χ0v) is 20.0. The summed E-state index contributed by atoms with van der Waals surface area (Å²) in [4.78, 5) is 14.7. The number of hydrogen-bond acceptors (Lipinski definition) is 2. The van der Waals surface area contributed by atoms with Crippen LogP contribution in [0.25, 0.3) is 10.9 Å². The third kappa shape index (κ3) is 2.97. The summed E-state index contributed by atoms with van der Waals surface area (Å²) in [6.45, 7) is 10.7. The van der Waals surface area contributed by atoms with Crippen LogP contribution in [-0.4, -0.2) is 23.6 Å². The van der Waals surface area contributed by atoms with Crippen LogP contribution in [0, 0.1) is 13.8 Å². The lowest BCUT2D eigenvalue weighted by Crippen LogP contribution is -3.06. The van der Waals surface area contributed by atoms with Gasteiger partial charge in [0.15, 0.2) is 5.60 Å². The van der Waals surface area contributed by atoms with Crippen LogP contribution < -0.4 is 4.90 Å². The van der Waals surface area contributed by atoms with E-state index in [1.807, 2.05) is 24.3 Å². The first-order chi connectivity index (χ1) is 15.9. The molecule has 168 valence electrons. The molecule has 0 aliphatic carbocycles. The standard InChI is InChI=1S/C29H30N2O2/c1-6-31(7-2)21-16-17-24(19(3)18-21)29(25-14-10-8-12-22(25)28(32)33-29)27-20(4)30(5)26-15-11-9-13-23(26)27/h8-18H,6-7H2,1-5H3/p+1/t29-/m0/s1. The van der Waals surface area contributed by atoms with Crippen LogP contribution in [-0.2, 0) is 17.4 Å². The third-order valence-corrected chi connectivity index (χ3v) is 7.39. The number of cyclic esters (lactones) is 1. The molecule has 0 radical (unpaired) electrons. The lowest BCUT2D eigenvalue weighted by Gasteiger charge is -2.32. The highest BCUT2D eigenvalue weighted by molar-refractivity contribution is 5.98. The first-order valence-electron chi connectivity index (χ1n) is 11.8. The quantitative estimate of drug-likeness (QED) is 0.453. The molecule has 1 aromatic heterocycles. The number of quaternary nitrogens is 1. The fourth-order valence-electron chi connectivity index (χ4n) is 5.64. The van der Waals surface area contributed by atoms with Crippen molar-refractivity contribution < 1.29 is 14.4 Å². The lowest BCUT2D eigenvalue weighted by atomic mass is 9.77. The molecule has 33 heavy (non-hydrogen) atoms. The Labute approximate surface area is 195 Å². The lowest BCUT2D eigenvalue weighted by molar-refractivity contribution is -0.828. The minimum Gasteiger partial charge on any atom is -0.440 e. The largest absolute Gasteiger partial charge is 0.440 e. The van der Waals surface area contributed by atoms with Gasteiger partial charge < -0.3 is 14.2 Å². The van der Waals surface area contributed by atoms with Crippen LogP contribution in [0.3, 0.4) is 0 Å². The second-order valence-corrected chi connectivity index (χ2v) is 8.99. The maximum Gasteiger partial charge on any atom is 0.340 e. The number of rotatable bonds is 5. The molecule has 1 aliphatic rings. The number of carbonyl (C=O) groups excluding carboxylic acids is 1. The summed E-state index contributed by atoms with van der Waals surface area (Å²) < 4.78 is 8.67. The Kier molecular flexibility index (Phi) is 5.13. The maximum absolute atomic E-state index is 13.2. The van der Waals surface area contributed by atoms with Gasteiger partial charge in [-0.15, -0.1) is 0 Å². The van der Waals surface area contributed by atoms with Gasteiger partial charge in [-0.05, 0) is 57.5 Å². The number of nitrogens with zero attached hydrogens (tertiary/aromatic N) is 1. The zero-order chi connectivity index (χ0) is 23.3. The van der Waals surface area contributed by atoms with Gasteiger partial charge in [0.2, 0.25) is 0 Å². The number of aromatic nitrogens is 1. The first kappa shape index (κ1) is 21.5. The number of para-hydroxylation sites is 1. The molecule has 1 aliphatic heterocycles. The molecular formula is C29H31N2O2+. The molecular weight excluding hydrogens is 408 g/mol. The van der Waals surface area contributed by atoms with E-state index in [1.54, 1.807) is 0 Å². The molecule has 4 aromatic rings. The van der Waals surface area contributed by atoms with Crippen molar-refractivity contribution in [2.45, 2.75) is 33.3 Å². The average molecular weight is 440 g/mol. The summed E-state index contributed by atoms with van der Waals surface area (Å²) in [5, 5.41) is 1.11. The second-order valence-electron chi connectivity index (χ2n) is 8.99. The van der Waals surface area contributed by atoms with Gasteiger partial charge in [-0.25, -0.2) is 4.79 Å². The van der Waals surface area contributed by atoms with E-state index in [-0.39, 0.29) is 5.97 Å². The Hall–Kier alpha value is -3.37. The minimum absolute atomic E-state index is 0.268. The number of carbonyl (C=O) groups is 1. The predicted octanol–water partition coefficient (Wildman–Crippen LogP) is 4.81. The summed E-state index contributed by atoms with van der Waals surface area (Å²) in [6, 6.07) is 22.8. The fourth-order valence-corrected chi connectivity index (χ4v) is 5.64. The van der Waals surface area contributed by atoms with Crippen molar-refractivity contribution in [3.8, 4) is 0 Å². The van der Waals surface area contributed by atoms with E-state index in [0.29, 0.717) is 5.56 Å². The third-order valence-electron chi connectivity index (χ3n) is 7.39. The molecule has 4 nitrogen and oxygen atoms in total. The average Bonchev–Trinajstić information content (AvgIpc) is 3.26. The van der Waals surface area contributed by atoms with Gasteiger partial charge in [0, 0.05) is 46.4 Å². The number of ether oxygens (including phenoxy) is 1. The Balaban J connectivity index is 1.87. The Morgan fingerprint density at radius 3 is 2.33 bits per heavy atom.